The summed E-state index contributed by atoms with van der Waals surface area (Å²) in [4.78, 5) is 43.2. The van der Waals surface area contributed by atoms with Crippen LogP contribution in [0.25, 0.3) is 0 Å². The van der Waals surface area contributed by atoms with Crippen LogP contribution >= 0.6 is 0 Å². The summed E-state index contributed by atoms with van der Waals surface area (Å²) in [6, 6.07) is 1.22. The normalized spacial score (nSPS) is 30.2. The number of nitrogens with zero attached hydrogens (tertiary/aromatic N) is 2. The highest BCUT2D eigenvalue weighted by atomic mass is 16.8. The van der Waals surface area contributed by atoms with Crippen molar-refractivity contribution < 1.29 is 39.9 Å². The van der Waals surface area contributed by atoms with Crippen LogP contribution in [0.5, 0.6) is 0 Å². The van der Waals surface area contributed by atoms with Crippen LogP contribution in [0.2, 0.25) is 0 Å². The molecular formula is C14H17N3O9. The van der Waals surface area contributed by atoms with E-state index in [2.05, 4.69) is 15.3 Å². The second-order valence-corrected chi connectivity index (χ2v) is 5.63. The number of carbonyl (C=O) groups excluding carboxylic acids is 2. The minimum absolute atomic E-state index is 0.131. The number of nitrogens with one attached hydrogen (secondary N) is 1. The van der Waals surface area contributed by atoms with E-state index >= 15 is 0 Å². The molecule has 0 radical (unpaired) electrons. The quantitative estimate of drug-likeness (QED) is 0.528. The summed E-state index contributed by atoms with van der Waals surface area (Å²) in [7, 11) is 0. The number of carbonyl (C=O) groups is 2. The first-order valence-electron chi connectivity index (χ1n) is 8.14. The van der Waals surface area contributed by atoms with Crippen LogP contribution in [0.1, 0.15) is 21.4 Å². The molecule has 0 unspecified atom stereocenters. The van der Waals surface area contributed by atoms with Crippen LogP contribution < -0.4 is 11.2 Å². The monoisotopic (exact) mass is 372 g/mol. The lowest BCUT2D eigenvalue weighted by atomic mass is 10.1. The third kappa shape index (κ3) is 3.55. The smallest absolute Gasteiger partial charge is 0.430 e. The Balaban J connectivity index is 1.78. The Bertz CT molecular complexity index is 800. The molecule has 0 saturated carbocycles. The summed E-state index contributed by atoms with van der Waals surface area (Å²) >= 11 is 0. The van der Waals surface area contributed by atoms with E-state index in [4.69, 9.17) is 20.3 Å². The third-order valence-electron chi connectivity index (χ3n) is 3.43. The predicted molar refractivity (Wildman–Crippen MR) is 81.0 cm³/mol. The Labute approximate surface area is 147 Å². The van der Waals surface area contributed by atoms with Crippen molar-refractivity contribution in [3.05, 3.63) is 22.7 Å². The van der Waals surface area contributed by atoms with E-state index in [9.17, 15) is 19.5 Å². The maximum Gasteiger partial charge on any atom is 0.533 e. The van der Waals surface area contributed by atoms with Crippen molar-refractivity contribution >= 4 is 18.1 Å². The van der Waals surface area contributed by atoms with Crippen LogP contribution in [-0.4, -0.2) is 58.0 Å². The van der Waals surface area contributed by atoms with Gasteiger partial charge in [-0.25, -0.2) is 14.4 Å². The highest BCUT2D eigenvalue weighted by Gasteiger charge is 2.55. The van der Waals surface area contributed by atoms with Crippen LogP contribution in [0.15, 0.2) is 17.1 Å². The van der Waals surface area contributed by atoms with Crippen molar-refractivity contribution in [3.8, 4) is 0 Å². The van der Waals surface area contributed by atoms with E-state index in [1.807, 2.05) is 0 Å². The molecule has 12 nitrogen and oxygen atoms in total. The Morgan fingerprint density at radius 1 is 1.46 bits per heavy atom. The molecule has 1 aromatic rings. The summed E-state index contributed by atoms with van der Waals surface area (Å²) in [5.41, 5.74) is 1.18. The minimum Gasteiger partial charge on any atom is -0.430 e. The molecule has 0 spiro atoms. The number of anilines is 1. The number of ether oxygens (including phenoxy) is 4. The van der Waals surface area contributed by atoms with Crippen LogP contribution in [0, 0.1) is 0 Å². The molecule has 142 valence electrons. The number of aliphatic hydroxyl groups is 1. The van der Waals surface area contributed by atoms with Gasteiger partial charge in [-0.05, 0) is 13.8 Å². The van der Waals surface area contributed by atoms with E-state index in [0.717, 1.165) is 10.8 Å². The Morgan fingerprint density at radius 3 is 2.85 bits per heavy atom. The molecule has 2 saturated heterocycles. The number of hydrogen-bond acceptors (Lipinski definition) is 11. The number of fused-ring (bicyclic) bond motifs is 1. The molecular weight excluding hydrogens is 354 g/mol. The van der Waals surface area contributed by atoms with Gasteiger partial charge in [0.05, 0.1) is 14.1 Å². The van der Waals surface area contributed by atoms with Crippen molar-refractivity contribution in [2.24, 2.45) is 0 Å². The molecule has 2 fully saturated rings. The van der Waals surface area contributed by atoms with Crippen molar-refractivity contribution in [2.75, 3.05) is 12.1 Å². The summed E-state index contributed by atoms with van der Waals surface area (Å²) in [6.45, 7) is 2.71. The highest BCUT2D eigenvalue weighted by Crippen LogP contribution is 2.36. The lowest BCUT2D eigenvalue weighted by molar-refractivity contribution is -0.0735. The molecule has 2 aliphatic heterocycles. The Kier molecular flexibility index (Phi) is 4.58. The predicted octanol–water partition coefficient (Wildman–Crippen LogP) is -0.0745. The van der Waals surface area contributed by atoms with E-state index in [0.29, 0.717) is 0 Å². The average molecular weight is 372 g/mol. The number of hydrogen-bond donors (Lipinski definition) is 2. The fourth-order valence-electron chi connectivity index (χ4n) is 2.40. The summed E-state index contributed by atoms with van der Waals surface area (Å²) in [5, 5.41) is 9.35. The number of rotatable bonds is 5. The maximum atomic E-state index is 12.3. The summed E-state index contributed by atoms with van der Waals surface area (Å²) in [6.07, 6.45) is -6.87. The molecule has 0 bridgehead atoms. The molecule has 0 aromatic carbocycles. The zero-order chi connectivity index (χ0) is 19.8. The fraction of sp³-hybridized carbons (Fsp3) is 0.571. The lowest BCUT2D eigenvalue weighted by Crippen LogP contribution is -2.34. The van der Waals surface area contributed by atoms with Crippen molar-refractivity contribution in [1.29, 1.82) is 0 Å². The second kappa shape index (κ2) is 7.17. The first kappa shape index (κ1) is 16.6. The Hall–Kier alpha value is -2.86. The van der Waals surface area contributed by atoms with E-state index < -0.39 is 55.2 Å². The molecule has 2 N–H and O–H groups in total. The van der Waals surface area contributed by atoms with E-state index in [-0.39, 0.29) is 5.82 Å². The SMILES string of the molecule is [2H][C@@]1(n2ccc(NOC(=O)OC(C)C)nc2=O)O[C@H](CO)[C@H]2OC(=O)O[C@H]21. The molecule has 0 amide bonds. The summed E-state index contributed by atoms with van der Waals surface area (Å²) in [5.74, 6) is -0.131. The van der Waals surface area contributed by atoms with Gasteiger partial charge in [0.2, 0.25) is 0 Å². The van der Waals surface area contributed by atoms with Gasteiger partial charge in [-0.1, -0.05) is 0 Å². The third-order valence-corrected chi connectivity index (χ3v) is 3.43. The van der Waals surface area contributed by atoms with Crippen molar-refractivity contribution in [2.45, 2.75) is 44.5 Å². The molecule has 4 atom stereocenters. The van der Waals surface area contributed by atoms with Gasteiger partial charge >= 0.3 is 18.0 Å². The molecule has 26 heavy (non-hydrogen) atoms. The minimum atomic E-state index is -2.19. The lowest BCUT2D eigenvalue weighted by Gasteiger charge is -2.17. The standard InChI is InChI=1S/C14H17N3O9/c1-6(2)22-14(21)26-16-8-3-4-17(12(19)15-8)11-10-9(7(5-18)23-11)24-13(20)25-10/h3-4,6-7,9-11,18H,5H2,1-2H3,(H,15,16,19)/t7-,9-,10-,11-/m1/s1/i11D. The maximum absolute atomic E-state index is 12.3. The van der Waals surface area contributed by atoms with Gasteiger partial charge in [0.1, 0.15) is 6.10 Å². The first-order chi connectivity index (χ1) is 12.7. The van der Waals surface area contributed by atoms with E-state index in [1.54, 1.807) is 13.8 Å². The summed E-state index contributed by atoms with van der Waals surface area (Å²) < 4.78 is 29.1. The van der Waals surface area contributed by atoms with Gasteiger partial charge in [-0.3, -0.25) is 4.57 Å². The highest BCUT2D eigenvalue weighted by molar-refractivity contribution is 5.63. The molecule has 0 aliphatic carbocycles. The van der Waals surface area contributed by atoms with Gasteiger partial charge in [-0.15, -0.1) is 0 Å². The zero-order valence-electron chi connectivity index (χ0n) is 14.8. The van der Waals surface area contributed by atoms with Crippen LogP contribution in [-0.2, 0) is 23.8 Å². The van der Waals surface area contributed by atoms with Gasteiger partial charge in [0.15, 0.2) is 24.2 Å². The van der Waals surface area contributed by atoms with Gasteiger partial charge in [-0.2, -0.15) is 10.5 Å². The van der Waals surface area contributed by atoms with Gasteiger partial charge in [0.25, 0.3) is 0 Å². The van der Waals surface area contributed by atoms with E-state index in [1.165, 1.54) is 6.07 Å². The van der Waals surface area contributed by atoms with Gasteiger partial charge in [0, 0.05) is 12.3 Å². The molecule has 2 aliphatic rings. The van der Waals surface area contributed by atoms with Crippen LogP contribution in [0.3, 0.4) is 0 Å². The average Bonchev–Trinajstić information content (AvgIpc) is 3.10. The molecule has 3 rings (SSSR count). The number of aromatic nitrogens is 2. The van der Waals surface area contributed by atoms with Crippen molar-refractivity contribution in [1.82, 2.24) is 9.55 Å². The zero-order valence-corrected chi connectivity index (χ0v) is 13.8. The Morgan fingerprint density at radius 2 is 2.19 bits per heavy atom. The molecule has 12 heteroatoms. The van der Waals surface area contributed by atoms with Crippen molar-refractivity contribution in [3.63, 3.8) is 0 Å². The molecule has 1 aromatic heterocycles. The first-order valence-corrected chi connectivity index (χ1v) is 7.64. The molecule has 3 heterocycles. The number of aliphatic hydroxyl groups excluding tert-OH is 1. The topological polar surface area (TPSA) is 147 Å². The van der Waals surface area contributed by atoms with Crippen LogP contribution in [0.4, 0.5) is 15.4 Å². The largest absolute Gasteiger partial charge is 0.533 e. The fourth-order valence-corrected chi connectivity index (χ4v) is 2.40. The second-order valence-electron chi connectivity index (χ2n) is 5.63. The van der Waals surface area contributed by atoms with Gasteiger partial charge < -0.3 is 28.9 Å².